The predicted molar refractivity (Wildman–Crippen MR) is 205 cm³/mol. The van der Waals surface area contributed by atoms with Gasteiger partial charge in [-0.3, -0.25) is 0 Å². The Morgan fingerprint density at radius 1 is 0.400 bits per heavy atom. The summed E-state index contributed by atoms with van der Waals surface area (Å²) in [4.78, 5) is 18.8. The average Bonchev–Trinajstić information content (AvgIpc) is 3.74. The summed E-state index contributed by atoms with van der Waals surface area (Å²) in [5.41, 5.74) is 10.7. The highest BCUT2D eigenvalue weighted by molar-refractivity contribution is 6.25. The van der Waals surface area contributed by atoms with Gasteiger partial charge in [0.1, 0.15) is 0 Å². The first-order valence-electron chi connectivity index (χ1n) is 16.8. The molecule has 5 heteroatoms. The first kappa shape index (κ1) is 28.2. The van der Waals surface area contributed by atoms with E-state index in [1.165, 1.54) is 21.5 Å². The highest BCUT2D eigenvalue weighted by Crippen LogP contribution is 2.41. The van der Waals surface area contributed by atoms with Crippen molar-refractivity contribution >= 4 is 43.6 Å². The molecule has 0 atom stereocenters. The zero-order valence-corrected chi connectivity index (χ0v) is 27.0. The van der Waals surface area contributed by atoms with Crippen molar-refractivity contribution in [2.75, 3.05) is 0 Å². The molecule has 0 amide bonds. The van der Waals surface area contributed by atoms with Crippen LogP contribution in [0.5, 0.6) is 0 Å². The molecular formula is C45H29N5. The quantitative estimate of drug-likeness (QED) is 0.204. The fourth-order valence-corrected chi connectivity index (χ4v) is 7.29. The number of aromatic nitrogens is 5. The molecule has 0 aliphatic heterocycles. The summed E-state index contributed by atoms with van der Waals surface area (Å²) in [6.07, 6.45) is 0. The zero-order chi connectivity index (χ0) is 33.0. The lowest BCUT2D eigenvalue weighted by Gasteiger charge is -2.16. The van der Waals surface area contributed by atoms with Gasteiger partial charge in [-0.15, -0.1) is 0 Å². The van der Waals surface area contributed by atoms with Crippen molar-refractivity contribution < 1.29 is 0 Å². The summed E-state index contributed by atoms with van der Waals surface area (Å²) in [7, 11) is 0. The number of rotatable bonds is 5. The molecule has 0 bridgehead atoms. The van der Waals surface area contributed by atoms with E-state index in [1.807, 2.05) is 60.7 Å². The minimum atomic E-state index is 0.628. The highest BCUT2D eigenvalue weighted by Gasteiger charge is 2.20. The minimum absolute atomic E-state index is 0.628. The molecule has 0 fully saturated rings. The van der Waals surface area contributed by atoms with Crippen LogP contribution in [0.25, 0.3) is 94.6 Å². The van der Waals surface area contributed by atoms with E-state index < -0.39 is 0 Å². The molecule has 5 nitrogen and oxygen atoms in total. The van der Waals surface area contributed by atoms with E-state index >= 15 is 0 Å². The van der Waals surface area contributed by atoms with Gasteiger partial charge in [-0.05, 0) is 42.0 Å². The maximum atomic E-state index is 5.05. The van der Waals surface area contributed by atoms with Gasteiger partial charge in [0.15, 0.2) is 17.5 Å². The number of nitrogens with zero attached hydrogens (tertiary/aromatic N) is 4. The summed E-state index contributed by atoms with van der Waals surface area (Å²) < 4.78 is 2.40. The Morgan fingerprint density at radius 3 is 1.64 bits per heavy atom. The van der Waals surface area contributed by atoms with E-state index in [9.17, 15) is 0 Å². The number of fused-ring (bicyclic) bond motifs is 7. The van der Waals surface area contributed by atoms with E-state index in [2.05, 4.69) is 119 Å². The number of nitrogens with one attached hydrogen (secondary N) is 1. The lowest BCUT2D eigenvalue weighted by molar-refractivity contribution is 1.07. The van der Waals surface area contributed by atoms with Gasteiger partial charge >= 0.3 is 0 Å². The van der Waals surface area contributed by atoms with Gasteiger partial charge in [0.25, 0.3) is 0 Å². The van der Waals surface area contributed by atoms with Crippen molar-refractivity contribution in [1.82, 2.24) is 24.5 Å². The molecule has 0 spiro atoms. The number of benzene rings is 7. The third kappa shape index (κ3) is 4.52. The van der Waals surface area contributed by atoms with Crippen molar-refractivity contribution in [3.05, 3.63) is 170 Å². The Hall–Kier alpha value is -6.85. The standard InChI is InChI=1S/C45H29N5/c1-4-14-29(15-5-1)36-28-32(45-48-43(30-16-6-2-7-17-30)47-44(49-45)31-18-8-3-9-19-31)24-26-39(36)50-38-23-13-11-21-35(38)41-40(50)27-25-34-33-20-10-12-22-37(33)46-42(34)41/h1-28,46H. The van der Waals surface area contributed by atoms with E-state index in [4.69, 9.17) is 15.0 Å². The monoisotopic (exact) mass is 639 g/mol. The van der Waals surface area contributed by atoms with Gasteiger partial charge in [0.05, 0.1) is 22.2 Å². The molecule has 0 unspecified atom stereocenters. The normalized spacial score (nSPS) is 11.6. The SMILES string of the molecule is c1ccc(-c2nc(-c3ccccc3)nc(-c3ccc(-n4c5ccccc5c5c6[nH]c7ccccc7c6ccc54)c(-c4ccccc4)c3)n2)cc1. The maximum Gasteiger partial charge on any atom is 0.164 e. The van der Waals surface area contributed by atoms with Gasteiger partial charge in [-0.2, -0.15) is 0 Å². The van der Waals surface area contributed by atoms with Gasteiger partial charge in [0.2, 0.25) is 0 Å². The van der Waals surface area contributed by atoms with E-state index in [1.54, 1.807) is 0 Å². The minimum Gasteiger partial charge on any atom is -0.354 e. The van der Waals surface area contributed by atoms with Crippen LogP contribution in [0.15, 0.2) is 170 Å². The summed E-state index contributed by atoms with van der Waals surface area (Å²) in [6, 6.07) is 59.2. The fraction of sp³-hybridized carbons (Fsp3) is 0. The number of H-pyrrole nitrogens is 1. The number of aromatic amines is 1. The van der Waals surface area contributed by atoms with Gasteiger partial charge in [-0.1, -0.05) is 133 Å². The molecular weight excluding hydrogens is 611 g/mol. The van der Waals surface area contributed by atoms with Crippen LogP contribution >= 0.6 is 0 Å². The molecule has 0 saturated heterocycles. The van der Waals surface area contributed by atoms with E-state index in [0.717, 1.165) is 55.6 Å². The molecule has 3 heterocycles. The molecule has 0 aliphatic carbocycles. The number of hydrogen-bond acceptors (Lipinski definition) is 3. The fourth-order valence-electron chi connectivity index (χ4n) is 7.29. The summed E-state index contributed by atoms with van der Waals surface area (Å²) in [6.45, 7) is 0. The van der Waals surface area contributed by atoms with E-state index in [-0.39, 0.29) is 0 Å². The summed E-state index contributed by atoms with van der Waals surface area (Å²) in [5.74, 6) is 1.91. The lowest BCUT2D eigenvalue weighted by atomic mass is 10.00. The second kappa shape index (κ2) is 11.4. The smallest absolute Gasteiger partial charge is 0.164 e. The molecule has 10 rings (SSSR count). The topological polar surface area (TPSA) is 59.4 Å². The van der Waals surface area contributed by atoms with Crippen LogP contribution in [0.2, 0.25) is 0 Å². The van der Waals surface area contributed by atoms with Crippen molar-refractivity contribution in [2.24, 2.45) is 0 Å². The van der Waals surface area contributed by atoms with Crippen LogP contribution in [-0.2, 0) is 0 Å². The van der Waals surface area contributed by atoms with Crippen LogP contribution in [0.4, 0.5) is 0 Å². The predicted octanol–water partition coefficient (Wildman–Crippen LogP) is 11.3. The van der Waals surface area contributed by atoms with Crippen LogP contribution in [0.1, 0.15) is 0 Å². The van der Waals surface area contributed by atoms with Crippen molar-refractivity contribution in [2.45, 2.75) is 0 Å². The highest BCUT2D eigenvalue weighted by atomic mass is 15.0. The third-order valence-electron chi connectivity index (χ3n) is 9.60. The molecule has 10 aromatic rings. The second-order valence-corrected chi connectivity index (χ2v) is 12.5. The van der Waals surface area contributed by atoms with Crippen LogP contribution in [-0.4, -0.2) is 24.5 Å². The maximum absolute atomic E-state index is 5.05. The zero-order valence-electron chi connectivity index (χ0n) is 27.0. The van der Waals surface area contributed by atoms with Crippen LogP contribution in [0.3, 0.4) is 0 Å². The molecule has 3 aromatic heterocycles. The summed E-state index contributed by atoms with van der Waals surface area (Å²) in [5, 5.41) is 4.89. The Morgan fingerprint density at radius 2 is 0.960 bits per heavy atom. The van der Waals surface area contributed by atoms with E-state index in [0.29, 0.717) is 17.5 Å². The molecule has 0 aliphatic rings. The van der Waals surface area contributed by atoms with Crippen molar-refractivity contribution in [1.29, 1.82) is 0 Å². The second-order valence-electron chi connectivity index (χ2n) is 12.5. The largest absolute Gasteiger partial charge is 0.354 e. The molecule has 0 saturated carbocycles. The number of hydrogen-bond donors (Lipinski definition) is 1. The van der Waals surface area contributed by atoms with Crippen LogP contribution < -0.4 is 0 Å². The first-order chi connectivity index (χ1) is 24.8. The van der Waals surface area contributed by atoms with Crippen molar-refractivity contribution in [3.8, 4) is 51.0 Å². The number of para-hydroxylation sites is 2. The molecule has 1 N–H and O–H groups in total. The third-order valence-corrected chi connectivity index (χ3v) is 9.60. The Bertz CT molecular complexity index is 2800. The van der Waals surface area contributed by atoms with Gasteiger partial charge in [0, 0.05) is 49.3 Å². The Balaban J connectivity index is 1.24. The molecule has 50 heavy (non-hydrogen) atoms. The lowest BCUT2D eigenvalue weighted by Crippen LogP contribution is -2.02. The average molecular weight is 640 g/mol. The molecule has 7 aromatic carbocycles. The van der Waals surface area contributed by atoms with Gasteiger partial charge in [-0.25, -0.2) is 15.0 Å². The summed E-state index contributed by atoms with van der Waals surface area (Å²) >= 11 is 0. The van der Waals surface area contributed by atoms with Crippen molar-refractivity contribution in [3.63, 3.8) is 0 Å². The van der Waals surface area contributed by atoms with Crippen LogP contribution in [0, 0.1) is 0 Å². The van der Waals surface area contributed by atoms with Gasteiger partial charge < -0.3 is 9.55 Å². The Labute approximate surface area is 288 Å². The molecule has 234 valence electrons. The molecule has 0 radical (unpaired) electrons. The Kier molecular flexibility index (Phi) is 6.42. The first-order valence-corrected chi connectivity index (χ1v) is 16.8.